The van der Waals surface area contributed by atoms with Crippen LogP contribution in [0.5, 0.6) is 0 Å². The van der Waals surface area contributed by atoms with Gasteiger partial charge in [0.2, 0.25) is 5.95 Å². The molecule has 1 heterocycles. The first-order chi connectivity index (χ1) is 9.15. The number of hydrazine groups is 1. The number of nitrogens with one attached hydrogen (secondary N) is 2. The Labute approximate surface area is 115 Å². The van der Waals surface area contributed by atoms with E-state index < -0.39 is 0 Å². The highest BCUT2D eigenvalue weighted by Crippen LogP contribution is 2.19. The molecule has 0 spiro atoms. The number of aromatic nitrogens is 3. The summed E-state index contributed by atoms with van der Waals surface area (Å²) in [6.45, 7) is 2.37. The molecule has 2 rings (SSSR count). The van der Waals surface area contributed by atoms with Gasteiger partial charge < -0.3 is 0 Å². The van der Waals surface area contributed by atoms with Gasteiger partial charge in [0.15, 0.2) is 0 Å². The van der Waals surface area contributed by atoms with Gasteiger partial charge in [0.05, 0.1) is 0 Å². The number of hydrogen-bond acceptors (Lipinski definition) is 5. The van der Waals surface area contributed by atoms with E-state index in [1.54, 1.807) is 19.2 Å². The molecule has 100 valence electrons. The molecular weight excluding hydrogens is 266 g/mol. The molecule has 1 aromatic carbocycles. The van der Waals surface area contributed by atoms with Gasteiger partial charge in [0, 0.05) is 24.2 Å². The molecule has 0 fully saturated rings. The van der Waals surface area contributed by atoms with Gasteiger partial charge in [-0.3, -0.25) is 9.99 Å². The molecule has 0 saturated heterocycles. The van der Waals surface area contributed by atoms with Crippen molar-refractivity contribution < 1.29 is 0 Å². The zero-order chi connectivity index (χ0) is 13.8. The standard InChI is InChI=1S/C12H14ClN5O/c1-3-18-10(8-4-6-9(13)7-5-8)15-11(17-14-2)16-12(18)19/h4-7,14H,3H2,1-2H3,(H,16,17,19). The summed E-state index contributed by atoms with van der Waals surface area (Å²) in [5.74, 6) is 0.791. The van der Waals surface area contributed by atoms with Crippen molar-refractivity contribution in [3.63, 3.8) is 0 Å². The fourth-order valence-electron chi connectivity index (χ4n) is 1.70. The van der Waals surface area contributed by atoms with Crippen LogP contribution >= 0.6 is 11.6 Å². The minimum absolute atomic E-state index is 0.238. The van der Waals surface area contributed by atoms with E-state index in [0.717, 1.165) is 5.56 Å². The second-order valence-corrected chi connectivity index (χ2v) is 4.22. The van der Waals surface area contributed by atoms with E-state index in [4.69, 9.17) is 11.6 Å². The predicted octanol–water partition coefficient (Wildman–Crippen LogP) is 1.52. The van der Waals surface area contributed by atoms with Crippen LogP contribution in [-0.4, -0.2) is 21.6 Å². The second-order valence-electron chi connectivity index (χ2n) is 3.78. The third-order valence-corrected chi connectivity index (χ3v) is 2.81. The number of nitrogens with zero attached hydrogens (tertiary/aromatic N) is 3. The Morgan fingerprint density at radius 1 is 1.26 bits per heavy atom. The quantitative estimate of drug-likeness (QED) is 0.831. The van der Waals surface area contributed by atoms with Crippen LogP contribution in [0.1, 0.15) is 6.92 Å². The van der Waals surface area contributed by atoms with Crippen LogP contribution in [0.25, 0.3) is 11.4 Å². The van der Waals surface area contributed by atoms with Crippen LogP contribution in [0.2, 0.25) is 5.02 Å². The van der Waals surface area contributed by atoms with Gasteiger partial charge in [-0.25, -0.2) is 10.2 Å². The topological polar surface area (TPSA) is 71.8 Å². The fourth-order valence-corrected chi connectivity index (χ4v) is 1.83. The molecule has 0 atom stereocenters. The molecule has 0 unspecified atom stereocenters. The number of benzene rings is 1. The highest BCUT2D eigenvalue weighted by molar-refractivity contribution is 6.30. The van der Waals surface area contributed by atoms with Crippen LogP contribution in [0.3, 0.4) is 0 Å². The molecule has 0 amide bonds. The summed E-state index contributed by atoms with van der Waals surface area (Å²) >= 11 is 5.86. The van der Waals surface area contributed by atoms with E-state index >= 15 is 0 Å². The first-order valence-electron chi connectivity index (χ1n) is 5.83. The summed E-state index contributed by atoms with van der Waals surface area (Å²) < 4.78 is 1.50. The summed E-state index contributed by atoms with van der Waals surface area (Å²) in [6.07, 6.45) is 0. The van der Waals surface area contributed by atoms with Crippen molar-refractivity contribution in [3.8, 4) is 11.4 Å². The summed E-state index contributed by atoms with van der Waals surface area (Å²) in [5.41, 5.74) is 5.86. The number of rotatable bonds is 4. The fraction of sp³-hybridized carbons (Fsp3) is 0.250. The van der Waals surface area contributed by atoms with Crippen LogP contribution < -0.4 is 16.5 Å². The summed E-state index contributed by atoms with van der Waals surface area (Å²) in [7, 11) is 1.68. The van der Waals surface area contributed by atoms with E-state index in [1.165, 1.54) is 4.57 Å². The average Bonchev–Trinajstić information content (AvgIpc) is 2.39. The first kappa shape index (κ1) is 13.5. The maximum Gasteiger partial charge on any atom is 0.352 e. The maximum absolute atomic E-state index is 11.9. The predicted molar refractivity (Wildman–Crippen MR) is 75.1 cm³/mol. The molecule has 0 aliphatic rings. The zero-order valence-corrected chi connectivity index (χ0v) is 11.4. The van der Waals surface area contributed by atoms with E-state index in [1.807, 2.05) is 19.1 Å². The van der Waals surface area contributed by atoms with Gasteiger partial charge in [-0.2, -0.15) is 9.97 Å². The van der Waals surface area contributed by atoms with Crippen LogP contribution in [0.15, 0.2) is 29.1 Å². The molecule has 0 saturated carbocycles. The van der Waals surface area contributed by atoms with E-state index in [2.05, 4.69) is 20.8 Å². The smallest absolute Gasteiger partial charge is 0.290 e. The van der Waals surface area contributed by atoms with Crippen molar-refractivity contribution in [2.45, 2.75) is 13.5 Å². The van der Waals surface area contributed by atoms with Gasteiger partial charge in [-0.15, -0.1) is 0 Å². The summed E-state index contributed by atoms with van der Waals surface area (Å²) in [6, 6.07) is 7.15. The normalized spacial score (nSPS) is 10.5. The third kappa shape index (κ3) is 2.91. The van der Waals surface area contributed by atoms with E-state index in [-0.39, 0.29) is 11.6 Å². The highest BCUT2D eigenvalue weighted by Gasteiger charge is 2.10. The third-order valence-electron chi connectivity index (χ3n) is 2.56. The average molecular weight is 280 g/mol. The Morgan fingerprint density at radius 2 is 1.95 bits per heavy atom. The highest BCUT2D eigenvalue weighted by atomic mass is 35.5. The minimum atomic E-state index is -0.347. The molecule has 0 radical (unpaired) electrons. The Bertz CT molecular complexity index is 623. The molecule has 2 N–H and O–H groups in total. The Hall–Kier alpha value is -1.92. The van der Waals surface area contributed by atoms with Gasteiger partial charge in [0.25, 0.3) is 0 Å². The van der Waals surface area contributed by atoms with Crippen LogP contribution in [0, 0.1) is 0 Å². The van der Waals surface area contributed by atoms with E-state index in [9.17, 15) is 4.79 Å². The minimum Gasteiger partial charge on any atom is -0.290 e. The van der Waals surface area contributed by atoms with Gasteiger partial charge in [0.1, 0.15) is 5.82 Å². The van der Waals surface area contributed by atoms with Crippen molar-refractivity contribution >= 4 is 17.5 Å². The lowest BCUT2D eigenvalue weighted by Crippen LogP contribution is -2.29. The first-order valence-corrected chi connectivity index (χ1v) is 6.21. The molecule has 19 heavy (non-hydrogen) atoms. The molecule has 0 aliphatic heterocycles. The molecular formula is C12H14ClN5O. The van der Waals surface area contributed by atoms with Crippen molar-refractivity contribution in [1.82, 2.24) is 20.0 Å². The SMILES string of the molecule is CCn1c(-c2ccc(Cl)cc2)nc(NNC)nc1=O. The number of halogens is 1. The van der Waals surface area contributed by atoms with Crippen molar-refractivity contribution in [1.29, 1.82) is 0 Å². The summed E-state index contributed by atoms with van der Waals surface area (Å²) in [4.78, 5) is 20.1. The zero-order valence-electron chi connectivity index (χ0n) is 10.6. The Morgan fingerprint density at radius 3 is 2.53 bits per heavy atom. The van der Waals surface area contributed by atoms with Crippen LogP contribution in [0.4, 0.5) is 5.95 Å². The van der Waals surface area contributed by atoms with Gasteiger partial charge >= 0.3 is 5.69 Å². The lowest BCUT2D eigenvalue weighted by molar-refractivity contribution is 0.684. The molecule has 7 heteroatoms. The Kier molecular flexibility index (Phi) is 4.13. The molecule has 1 aromatic heterocycles. The van der Waals surface area contributed by atoms with Crippen molar-refractivity contribution in [3.05, 3.63) is 39.8 Å². The summed E-state index contributed by atoms with van der Waals surface area (Å²) in [5, 5.41) is 0.636. The van der Waals surface area contributed by atoms with Gasteiger partial charge in [-0.1, -0.05) is 11.6 Å². The van der Waals surface area contributed by atoms with Crippen molar-refractivity contribution in [2.75, 3.05) is 12.5 Å². The monoisotopic (exact) mass is 279 g/mol. The molecule has 0 bridgehead atoms. The largest absolute Gasteiger partial charge is 0.352 e. The van der Waals surface area contributed by atoms with E-state index in [0.29, 0.717) is 17.4 Å². The van der Waals surface area contributed by atoms with Crippen molar-refractivity contribution in [2.24, 2.45) is 0 Å². The number of anilines is 1. The van der Waals surface area contributed by atoms with Crippen LogP contribution in [-0.2, 0) is 6.54 Å². The molecule has 6 nitrogen and oxygen atoms in total. The number of hydrogen-bond donors (Lipinski definition) is 2. The maximum atomic E-state index is 11.9. The van der Waals surface area contributed by atoms with Gasteiger partial charge in [-0.05, 0) is 31.2 Å². The lowest BCUT2D eigenvalue weighted by atomic mass is 10.2. The second kappa shape index (κ2) is 5.81. The lowest BCUT2D eigenvalue weighted by Gasteiger charge is -2.11. The molecule has 2 aromatic rings. The Balaban J connectivity index is 2.59. The molecule has 0 aliphatic carbocycles.